The smallest absolute Gasteiger partial charge is 0.253 e. The number of carbonyl (C=O) groups is 1. The van der Waals surface area contributed by atoms with Crippen LogP contribution in [0, 0.1) is 0 Å². The standard InChI is InChI=1S/C29H30N4O3S/c1-36-25-9-2-7-23(28(25)34)20-32-16-5-17-33(19-18-32)29(35)22-11-13-24(14-12-22)31-37-26-10-3-6-21-8-4-15-30-27(21)26/h2-4,6-15,31,34H,5,16-20H2,1H3. The van der Waals surface area contributed by atoms with Crippen molar-refractivity contribution in [2.75, 3.05) is 38.0 Å². The zero-order valence-electron chi connectivity index (χ0n) is 20.8. The molecule has 2 N–H and O–H groups in total. The van der Waals surface area contributed by atoms with Gasteiger partial charge in [0.05, 0.1) is 17.5 Å². The van der Waals surface area contributed by atoms with Crippen LogP contribution in [-0.4, -0.2) is 59.1 Å². The summed E-state index contributed by atoms with van der Waals surface area (Å²) in [6.45, 7) is 3.59. The van der Waals surface area contributed by atoms with Crippen molar-refractivity contribution < 1.29 is 14.6 Å². The number of aromatic nitrogens is 1. The lowest BCUT2D eigenvalue weighted by atomic mass is 10.1. The summed E-state index contributed by atoms with van der Waals surface area (Å²) in [5.74, 6) is 0.712. The van der Waals surface area contributed by atoms with Gasteiger partial charge in [-0.2, -0.15) is 0 Å². The van der Waals surface area contributed by atoms with Gasteiger partial charge in [-0.25, -0.2) is 0 Å². The molecule has 37 heavy (non-hydrogen) atoms. The van der Waals surface area contributed by atoms with E-state index in [-0.39, 0.29) is 11.7 Å². The van der Waals surface area contributed by atoms with E-state index in [0.717, 1.165) is 46.6 Å². The molecule has 0 bridgehead atoms. The molecule has 1 saturated heterocycles. The van der Waals surface area contributed by atoms with Crippen molar-refractivity contribution in [1.29, 1.82) is 0 Å². The van der Waals surface area contributed by atoms with Gasteiger partial charge in [-0.05, 0) is 60.8 Å². The minimum absolute atomic E-state index is 0.0449. The van der Waals surface area contributed by atoms with Crippen LogP contribution in [0.2, 0.25) is 0 Å². The van der Waals surface area contributed by atoms with Gasteiger partial charge in [0.2, 0.25) is 0 Å². The number of methoxy groups -OCH3 is 1. The van der Waals surface area contributed by atoms with Gasteiger partial charge in [-0.3, -0.25) is 14.7 Å². The average Bonchev–Trinajstić information content (AvgIpc) is 3.18. The highest BCUT2D eigenvalue weighted by Crippen LogP contribution is 2.31. The van der Waals surface area contributed by atoms with Crippen molar-refractivity contribution in [3.63, 3.8) is 0 Å². The molecule has 0 aliphatic carbocycles. The monoisotopic (exact) mass is 514 g/mol. The van der Waals surface area contributed by atoms with E-state index in [9.17, 15) is 9.90 Å². The summed E-state index contributed by atoms with van der Waals surface area (Å²) in [4.78, 5) is 23.0. The lowest BCUT2D eigenvalue weighted by molar-refractivity contribution is 0.0761. The topological polar surface area (TPSA) is 77.9 Å². The van der Waals surface area contributed by atoms with Crippen molar-refractivity contribution in [2.45, 2.75) is 17.9 Å². The zero-order chi connectivity index (χ0) is 25.6. The van der Waals surface area contributed by atoms with E-state index < -0.39 is 0 Å². The maximum Gasteiger partial charge on any atom is 0.253 e. The number of hydrogen-bond acceptors (Lipinski definition) is 7. The quantitative estimate of drug-likeness (QED) is 0.319. The third-order valence-electron chi connectivity index (χ3n) is 6.58. The largest absolute Gasteiger partial charge is 0.504 e. The number of amides is 1. The van der Waals surface area contributed by atoms with Gasteiger partial charge in [-0.15, -0.1) is 0 Å². The molecule has 8 heteroatoms. The third-order valence-corrected chi connectivity index (χ3v) is 7.47. The zero-order valence-corrected chi connectivity index (χ0v) is 21.6. The van der Waals surface area contributed by atoms with Gasteiger partial charge < -0.3 is 19.5 Å². The van der Waals surface area contributed by atoms with Crippen LogP contribution in [0.15, 0.2) is 83.9 Å². The SMILES string of the molecule is COc1cccc(CN2CCCN(C(=O)c3ccc(NSc4cccc5cccnc45)cc3)CC2)c1O. The first-order chi connectivity index (χ1) is 18.1. The summed E-state index contributed by atoms with van der Waals surface area (Å²) in [6.07, 6.45) is 2.68. The first-order valence-corrected chi connectivity index (χ1v) is 13.2. The van der Waals surface area contributed by atoms with Crippen molar-refractivity contribution in [3.8, 4) is 11.5 Å². The molecule has 0 atom stereocenters. The molecule has 7 nitrogen and oxygen atoms in total. The van der Waals surface area contributed by atoms with Gasteiger partial charge in [0.25, 0.3) is 5.91 Å². The van der Waals surface area contributed by atoms with Gasteiger partial charge >= 0.3 is 0 Å². The van der Waals surface area contributed by atoms with E-state index in [0.29, 0.717) is 30.9 Å². The van der Waals surface area contributed by atoms with Crippen LogP contribution in [0.5, 0.6) is 11.5 Å². The minimum atomic E-state index is 0.0449. The molecule has 1 amide bonds. The van der Waals surface area contributed by atoms with E-state index in [2.05, 4.69) is 26.7 Å². The van der Waals surface area contributed by atoms with E-state index in [4.69, 9.17) is 4.74 Å². The van der Waals surface area contributed by atoms with Crippen molar-refractivity contribution >= 4 is 34.4 Å². The van der Waals surface area contributed by atoms with Crippen LogP contribution in [0.25, 0.3) is 10.9 Å². The maximum atomic E-state index is 13.2. The van der Waals surface area contributed by atoms with Gasteiger partial charge in [0.1, 0.15) is 0 Å². The lowest BCUT2D eigenvalue weighted by Crippen LogP contribution is -2.35. The highest BCUT2D eigenvalue weighted by Gasteiger charge is 2.21. The second-order valence-electron chi connectivity index (χ2n) is 9.00. The Morgan fingerprint density at radius 2 is 1.81 bits per heavy atom. The molecular weight excluding hydrogens is 484 g/mol. The Balaban J connectivity index is 1.17. The third kappa shape index (κ3) is 5.81. The number of hydrogen-bond donors (Lipinski definition) is 2. The minimum Gasteiger partial charge on any atom is -0.504 e. The molecule has 0 unspecified atom stereocenters. The Morgan fingerprint density at radius 1 is 1.00 bits per heavy atom. The fourth-order valence-electron chi connectivity index (χ4n) is 4.57. The number of phenols is 1. The normalized spacial score (nSPS) is 14.4. The number of nitrogens with zero attached hydrogens (tertiary/aromatic N) is 3. The number of aromatic hydroxyl groups is 1. The van der Waals surface area contributed by atoms with Crippen molar-refractivity contribution in [3.05, 3.63) is 90.1 Å². The fraction of sp³-hybridized carbons (Fsp3) is 0.241. The molecular formula is C29H30N4O3S. The Labute approximate surface area is 221 Å². The van der Waals surface area contributed by atoms with Crippen LogP contribution in [0.4, 0.5) is 5.69 Å². The first-order valence-electron chi connectivity index (χ1n) is 12.4. The highest BCUT2D eigenvalue weighted by molar-refractivity contribution is 8.00. The summed E-state index contributed by atoms with van der Waals surface area (Å²) >= 11 is 1.51. The molecule has 190 valence electrons. The second-order valence-corrected chi connectivity index (χ2v) is 9.85. The van der Waals surface area contributed by atoms with E-state index in [1.165, 1.54) is 11.9 Å². The molecule has 1 aliphatic rings. The van der Waals surface area contributed by atoms with Gasteiger partial charge in [0, 0.05) is 61.1 Å². The lowest BCUT2D eigenvalue weighted by Gasteiger charge is -2.22. The maximum absolute atomic E-state index is 13.2. The number of phenolic OH excluding ortho intramolecular Hbond substituents is 1. The molecule has 1 aromatic heterocycles. The van der Waals surface area contributed by atoms with Gasteiger partial charge in [0.15, 0.2) is 11.5 Å². The van der Waals surface area contributed by atoms with E-state index >= 15 is 0 Å². The van der Waals surface area contributed by atoms with Crippen LogP contribution in [0.3, 0.4) is 0 Å². The summed E-state index contributed by atoms with van der Waals surface area (Å²) in [6, 6.07) is 23.3. The number of para-hydroxylation sites is 2. The number of pyridine rings is 1. The average molecular weight is 515 g/mol. The number of fused-ring (bicyclic) bond motifs is 1. The Hall–Kier alpha value is -3.75. The molecule has 0 spiro atoms. The summed E-state index contributed by atoms with van der Waals surface area (Å²) in [5, 5.41) is 11.5. The molecule has 4 aromatic rings. The molecule has 0 saturated carbocycles. The van der Waals surface area contributed by atoms with Crippen LogP contribution >= 0.6 is 11.9 Å². The number of anilines is 1. The second kappa shape index (κ2) is 11.5. The molecule has 5 rings (SSSR count). The summed E-state index contributed by atoms with van der Waals surface area (Å²) in [5.41, 5.74) is 3.40. The van der Waals surface area contributed by atoms with Crippen LogP contribution < -0.4 is 9.46 Å². The number of rotatable bonds is 7. The number of nitrogens with one attached hydrogen (secondary N) is 1. The summed E-state index contributed by atoms with van der Waals surface area (Å²) < 4.78 is 8.60. The van der Waals surface area contributed by atoms with Crippen molar-refractivity contribution in [2.24, 2.45) is 0 Å². The number of carbonyl (C=O) groups excluding carboxylic acids is 1. The predicted molar refractivity (Wildman–Crippen MR) is 148 cm³/mol. The molecule has 2 heterocycles. The Bertz CT molecular complexity index is 1370. The van der Waals surface area contributed by atoms with E-state index in [1.54, 1.807) is 19.4 Å². The first kappa shape index (κ1) is 24.9. The Morgan fingerprint density at radius 3 is 2.65 bits per heavy atom. The van der Waals surface area contributed by atoms with E-state index in [1.807, 2.05) is 59.5 Å². The fourth-order valence-corrected chi connectivity index (χ4v) is 5.35. The predicted octanol–water partition coefficient (Wildman–Crippen LogP) is 5.42. The number of ether oxygens (including phenoxy) is 1. The number of benzene rings is 3. The van der Waals surface area contributed by atoms with Crippen molar-refractivity contribution in [1.82, 2.24) is 14.8 Å². The molecule has 1 aliphatic heterocycles. The summed E-state index contributed by atoms with van der Waals surface area (Å²) in [7, 11) is 1.55. The van der Waals surface area contributed by atoms with Crippen LogP contribution in [-0.2, 0) is 6.54 Å². The Kier molecular flexibility index (Phi) is 7.77. The van der Waals surface area contributed by atoms with Gasteiger partial charge in [-0.1, -0.05) is 30.3 Å². The molecule has 3 aromatic carbocycles. The van der Waals surface area contributed by atoms with Crippen LogP contribution in [0.1, 0.15) is 22.3 Å². The molecule has 1 fully saturated rings. The molecule has 0 radical (unpaired) electrons. The highest BCUT2D eigenvalue weighted by atomic mass is 32.2.